The van der Waals surface area contributed by atoms with E-state index < -0.39 is 0 Å². The average Bonchev–Trinajstić information content (AvgIpc) is 2.33. The molecular weight excluding hydrogens is 226 g/mol. The molecule has 0 saturated heterocycles. The topological polar surface area (TPSA) is 30.5 Å². The van der Waals surface area contributed by atoms with Crippen molar-refractivity contribution in [2.24, 2.45) is 5.41 Å². The van der Waals surface area contributed by atoms with Gasteiger partial charge in [0.2, 0.25) is 0 Å². The number of rotatable bonds is 13. The molecular formula is C15H33NO2. The van der Waals surface area contributed by atoms with Crippen molar-refractivity contribution in [1.82, 2.24) is 5.32 Å². The van der Waals surface area contributed by atoms with Gasteiger partial charge in [-0.15, -0.1) is 0 Å². The van der Waals surface area contributed by atoms with Crippen LogP contribution in [0.15, 0.2) is 0 Å². The van der Waals surface area contributed by atoms with Crippen LogP contribution < -0.4 is 5.32 Å². The first-order chi connectivity index (χ1) is 8.62. The van der Waals surface area contributed by atoms with Gasteiger partial charge in [-0.2, -0.15) is 0 Å². The maximum Gasteiger partial charge on any atom is 0.0590 e. The standard InChI is InChI=1S/C15H33NO2/c1-5-6-7-9-15(2,3)14-16-10-13-18-12-8-11-17-4/h16H,5-14H2,1-4H3. The van der Waals surface area contributed by atoms with E-state index in [1.54, 1.807) is 7.11 Å². The quantitative estimate of drug-likeness (QED) is 0.515. The Balaban J connectivity index is 3.30. The summed E-state index contributed by atoms with van der Waals surface area (Å²) in [6, 6.07) is 0. The third kappa shape index (κ3) is 12.3. The molecule has 0 aliphatic carbocycles. The Kier molecular flexibility index (Phi) is 11.9. The largest absolute Gasteiger partial charge is 0.385 e. The molecule has 0 unspecified atom stereocenters. The van der Waals surface area contributed by atoms with Crippen molar-refractivity contribution in [3.8, 4) is 0 Å². The minimum atomic E-state index is 0.408. The lowest BCUT2D eigenvalue weighted by Gasteiger charge is -2.25. The maximum atomic E-state index is 5.51. The summed E-state index contributed by atoms with van der Waals surface area (Å²) in [7, 11) is 1.72. The molecule has 0 aliphatic rings. The van der Waals surface area contributed by atoms with Crippen LogP contribution >= 0.6 is 0 Å². The fourth-order valence-electron chi connectivity index (χ4n) is 1.92. The number of unbranched alkanes of at least 4 members (excludes halogenated alkanes) is 2. The zero-order valence-corrected chi connectivity index (χ0v) is 12.9. The number of methoxy groups -OCH3 is 1. The van der Waals surface area contributed by atoms with Crippen LogP contribution in [0.5, 0.6) is 0 Å². The monoisotopic (exact) mass is 259 g/mol. The van der Waals surface area contributed by atoms with E-state index in [-0.39, 0.29) is 0 Å². The average molecular weight is 259 g/mol. The molecule has 0 saturated carbocycles. The molecule has 18 heavy (non-hydrogen) atoms. The lowest BCUT2D eigenvalue weighted by molar-refractivity contribution is 0.103. The summed E-state index contributed by atoms with van der Waals surface area (Å²) < 4.78 is 10.5. The van der Waals surface area contributed by atoms with Gasteiger partial charge in [0.1, 0.15) is 0 Å². The summed E-state index contributed by atoms with van der Waals surface area (Å²) in [6.45, 7) is 11.4. The molecule has 1 N–H and O–H groups in total. The van der Waals surface area contributed by atoms with Gasteiger partial charge in [-0.3, -0.25) is 0 Å². The minimum absolute atomic E-state index is 0.408. The van der Waals surface area contributed by atoms with Gasteiger partial charge in [0, 0.05) is 33.4 Å². The normalized spacial score (nSPS) is 12.0. The Morgan fingerprint density at radius 2 is 1.78 bits per heavy atom. The highest BCUT2D eigenvalue weighted by molar-refractivity contribution is 4.71. The molecule has 0 bridgehead atoms. The molecule has 0 fully saturated rings. The Hall–Kier alpha value is -0.120. The summed E-state index contributed by atoms with van der Waals surface area (Å²) in [4.78, 5) is 0. The second kappa shape index (κ2) is 11.9. The third-order valence-corrected chi connectivity index (χ3v) is 3.12. The number of ether oxygens (including phenoxy) is 2. The Morgan fingerprint density at radius 1 is 1.00 bits per heavy atom. The first-order valence-corrected chi connectivity index (χ1v) is 7.40. The molecule has 0 amide bonds. The Morgan fingerprint density at radius 3 is 2.44 bits per heavy atom. The number of hydrogen-bond acceptors (Lipinski definition) is 3. The summed E-state index contributed by atoms with van der Waals surface area (Å²) in [6.07, 6.45) is 6.30. The number of hydrogen-bond donors (Lipinski definition) is 1. The van der Waals surface area contributed by atoms with Crippen molar-refractivity contribution in [1.29, 1.82) is 0 Å². The van der Waals surface area contributed by atoms with E-state index in [9.17, 15) is 0 Å². The van der Waals surface area contributed by atoms with Crippen LogP contribution in [0.2, 0.25) is 0 Å². The zero-order valence-electron chi connectivity index (χ0n) is 12.9. The van der Waals surface area contributed by atoms with E-state index in [4.69, 9.17) is 9.47 Å². The molecule has 110 valence electrons. The second-order valence-corrected chi connectivity index (χ2v) is 5.76. The SMILES string of the molecule is CCCCCC(C)(C)CNCCOCCCOC. The van der Waals surface area contributed by atoms with Crippen LogP contribution in [0, 0.1) is 5.41 Å². The molecule has 0 spiro atoms. The lowest BCUT2D eigenvalue weighted by Crippen LogP contribution is -2.31. The van der Waals surface area contributed by atoms with Gasteiger partial charge in [-0.1, -0.05) is 40.0 Å². The molecule has 0 aromatic rings. The summed E-state index contributed by atoms with van der Waals surface area (Å²) >= 11 is 0. The van der Waals surface area contributed by atoms with Crippen molar-refractivity contribution in [2.45, 2.75) is 52.9 Å². The molecule has 3 nitrogen and oxygen atoms in total. The molecule has 0 rings (SSSR count). The van der Waals surface area contributed by atoms with Gasteiger partial charge in [-0.25, -0.2) is 0 Å². The zero-order chi connectivity index (χ0) is 13.7. The predicted molar refractivity (Wildman–Crippen MR) is 78.1 cm³/mol. The molecule has 0 aromatic heterocycles. The van der Waals surface area contributed by atoms with Gasteiger partial charge in [0.25, 0.3) is 0 Å². The van der Waals surface area contributed by atoms with Crippen LogP contribution in [-0.4, -0.2) is 40.0 Å². The van der Waals surface area contributed by atoms with Crippen molar-refractivity contribution in [3.63, 3.8) is 0 Å². The molecule has 0 heterocycles. The van der Waals surface area contributed by atoms with E-state index >= 15 is 0 Å². The van der Waals surface area contributed by atoms with Gasteiger partial charge in [0.05, 0.1) is 6.61 Å². The van der Waals surface area contributed by atoms with Crippen LogP contribution in [0.3, 0.4) is 0 Å². The fourth-order valence-corrected chi connectivity index (χ4v) is 1.92. The van der Waals surface area contributed by atoms with E-state index in [2.05, 4.69) is 26.1 Å². The number of nitrogens with one attached hydrogen (secondary N) is 1. The van der Waals surface area contributed by atoms with Crippen LogP contribution in [0.25, 0.3) is 0 Å². The fraction of sp³-hybridized carbons (Fsp3) is 1.00. The van der Waals surface area contributed by atoms with Crippen molar-refractivity contribution >= 4 is 0 Å². The predicted octanol–water partition coefficient (Wildman–Crippen LogP) is 3.24. The van der Waals surface area contributed by atoms with Crippen LogP contribution in [-0.2, 0) is 9.47 Å². The van der Waals surface area contributed by atoms with Crippen molar-refractivity contribution in [2.75, 3.05) is 40.0 Å². The van der Waals surface area contributed by atoms with Gasteiger partial charge >= 0.3 is 0 Å². The Bertz CT molecular complexity index is 172. The minimum Gasteiger partial charge on any atom is -0.385 e. The van der Waals surface area contributed by atoms with Crippen LogP contribution in [0.1, 0.15) is 52.9 Å². The lowest BCUT2D eigenvalue weighted by atomic mass is 9.87. The molecule has 0 aromatic carbocycles. The van der Waals surface area contributed by atoms with E-state index in [1.807, 2.05) is 0 Å². The summed E-state index contributed by atoms with van der Waals surface area (Å²) in [5, 5.41) is 3.49. The second-order valence-electron chi connectivity index (χ2n) is 5.76. The Labute approximate surface area is 114 Å². The first-order valence-electron chi connectivity index (χ1n) is 7.40. The first kappa shape index (κ1) is 17.9. The molecule has 0 aliphatic heterocycles. The van der Waals surface area contributed by atoms with E-state index in [0.29, 0.717) is 5.41 Å². The van der Waals surface area contributed by atoms with E-state index in [1.165, 1.54) is 25.7 Å². The van der Waals surface area contributed by atoms with Crippen LogP contribution in [0.4, 0.5) is 0 Å². The van der Waals surface area contributed by atoms with E-state index in [0.717, 1.165) is 39.3 Å². The summed E-state index contributed by atoms with van der Waals surface area (Å²) in [5.41, 5.74) is 0.408. The van der Waals surface area contributed by atoms with Gasteiger partial charge in [0.15, 0.2) is 0 Å². The van der Waals surface area contributed by atoms with Gasteiger partial charge in [-0.05, 0) is 18.3 Å². The third-order valence-electron chi connectivity index (χ3n) is 3.12. The highest BCUT2D eigenvalue weighted by atomic mass is 16.5. The smallest absolute Gasteiger partial charge is 0.0590 e. The molecule has 3 heteroatoms. The van der Waals surface area contributed by atoms with Crippen molar-refractivity contribution < 1.29 is 9.47 Å². The van der Waals surface area contributed by atoms with Gasteiger partial charge < -0.3 is 14.8 Å². The molecule has 0 atom stereocenters. The highest BCUT2D eigenvalue weighted by Crippen LogP contribution is 2.22. The highest BCUT2D eigenvalue weighted by Gasteiger charge is 2.16. The summed E-state index contributed by atoms with van der Waals surface area (Å²) in [5.74, 6) is 0. The molecule has 0 radical (unpaired) electrons. The van der Waals surface area contributed by atoms with Crippen molar-refractivity contribution in [3.05, 3.63) is 0 Å². The maximum absolute atomic E-state index is 5.51.